The number of aromatic nitrogens is 2. The smallest absolute Gasteiger partial charge is 0.317 e. The van der Waals surface area contributed by atoms with Gasteiger partial charge in [0.1, 0.15) is 0 Å². The zero-order chi connectivity index (χ0) is 16.1. The van der Waals surface area contributed by atoms with Gasteiger partial charge in [-0.2, -0.15) is 0 Å². The SMILES string of the molecule is CN(Cc1cnc2ccccc2n1)C(=O)NCC1=CCCCC1. The average Bonchev–Trinajstić information content (AvgIpc) is 2.60. The van der Waals surface area contributed by atoms with Gasteiger partial charge < -0.3 is 10.2 Å². The van der Waals surface area contributed by atoms with Crippen LogP contribution in [0.5, 0.6) is 0 Å². The molecule has 1 heterocycles. The molecule has 0 spiro atoms. The van der Waals surface area contributed by atoms with Crippen molar-refractivity contribution in [2.75, 3.05) is 13.6 Å². The van der Waals surface area contributed by atoms with Gasteiger partial charge in [-0.05, 0) is 37.8 Å². The molecule has 1 aliphatic carbocycles. The number of nitrogens with zero attached hydrogens (tertiary/aromatic N) is 3. The van der Waals surface area contributed by atoms with Gasteiger partial charge in [-0.15, -0.1) is 0 Å². The molecule has 1 aromatic carbocycles. The number of urea groups is 1. The lowest BCUT2D eigenvalue weighted by Gasteiger charge is -2.19. The summed E-state index contributed by atoms with van der Waals surface area (Å²) in [7, 11) is 1.78. The zero-order valence-electron chi connectivity index (χ0n) is 13.5. The minimum atomic E-state index is -0.0774. The van der Waals surface area contributed by atoms with Crippen LogP contribution in [0.25, 0.3) is 11.0 Å². The molecule has 2 aromatic rings. The molecule has 0 saturated heterocycles. The van der Waals surface area contributed by atoms with Gasteiger partial charge in [0.25, 0.3) is 0 Å². The molecule has 1 aliphatic rings. The van der Waals surface area contributed by atoms with E-state index < -0.39 is 0 Å². The summed E-state index contributed by atoms with van der Waals surface area (Å²) < 4.78 is 0. The molecule has 5 nitrogen and oxygen atoms in total. The fourth-order valence-electron chi connectivity index (χ4n) is 2.78. The maximum Gasteiger partial charge on any atom is 0.317 e. The van der Waals surface area contributed by atoms with Crippen molar-refractivity contribution >= 4 is 17.1 Å². The van der Waals surface area contributed by atoms with Gasteiger partial charge >= 0.3 is 6.03 Å². The highest BCUT2D eigenvalue weighted by molar-refractivity contribution is 5.75. The fraction of sp³-hybridized carbons (Fsp3) is 0.389. The van der Waals surface area contributed by atoms with Crippen molar-refractivity contribution in [3.63, 3.8) is 0 Å². The van der Waals surface area contributed by atoms with Crippen LogP contribution in [0.1, 0.15) is 31.4 Å². The number of allylic oxidation sites excluding steroid dienone is 1. The topological polar surface area (TPSA) is 58.1 Å². The molecular weight excluding hydrogens is 288 g/mol. The molecule has 5 heteroatoms. The van der Waals surface area contributed by atoms with E-state index >= 15 is 0 Å². The highest BCUT2D eigenvalue weighted by atomic mass is 16.2. The monoisotopic (exact) mass is 310 g/mol. The minimum absolute atomic E-state index is 0.0774. The molecule has 2 amide bonds. The third kappa shape index (κ3) is 4.06. The normalized spacial score (nSPS) is 14.4. The lowest BCUT2D eigenvalue weighted by molar-refractivity contribution is 0.207. The Kier molecular flexibility index (Phi) is 4.86. The van der Waals surface area contributed by atoms with Crippen LogP contribution < -0.4 is 5.32 Å². The number of nitrogens with one attached hydrogen (secondary N) is 1. The molecule has 0 aliphatic heterocycles. The zero-order valence-corrected chi connectivity index (χ0v) is 13.5. The summed E-state index contributed by atoms with van der Waals surface area (Å²) in [5.74, 6) is 0. The van der Waals surface area contributed by atoms with Crippen LogP contribution in [0.15, 0.2) is 42.1 Å². The van der Waals surface area contributed by atoms with Gasteiger partial charge in [0.05, 0.1) is 29.5 Å². The summed E-state index contributed by atoms with van der Waals surface area (Å²) in [6.45, 7) is 1.09. The number of carbonyl (C=O) groups excluding carboxylic acids is 1. The van der Waals surface area contributed by atoms with E-state index in [1.54, 1.807) is 18.1 Å². The fourth-order valence-corrected chi connectivity index (χ4v) is 2.78. The Labute approximate surface area is 136 Å². The summed E-state index contributed by atoms with van der Waals surface area (Å²) in [6.07, 6.45) is 8.70. The standard InChI is InChI=1S/C18H22N4O/c1-22(18(23)20-11-14-7-3-2-4-8-14)13-15-12-19-16-9-5-6-10-17(16)21-15/h5-7,9-10,12H,2-4,8,11,13H2,1H3,(H,20,23). The Morgan fingerprint density at radius 2 is 2.09 bits per heavy atom. The van der Waals surface area contributed by atoms with Gasteiger partial charge in [-0.25, -0.2) is 9.78 Å². The molecular formula is C18H22N4O. The van der Waals surface area contributed by atoms with E-state index in [-0.39, 0.29) is 6.03 Å². The lowest BCUT2D eigenvalue weighted by atomic mass is 10.00. The van der Waals surface area contributed by atoms with E-state index in [9.17, 15) is 4.79 Å². The van der Waals surface area contributed by atoms with Crippen molar-refractivity contribution in [2.45, 2.75) is 32.2 Å². The van der Waals surface area contributed by atoms with Crippen molar-refractivity contribution in [2.24, 2.45) is 0 Å². The quantitative estimate of drug-likeness (QED) is 0.882. The third-order valence-electron chi connectivity index (χ3n) is 4.10. The predicted octanol–water partition coefficient (Wildman–Crippen LogP) is 3.27. The van der Waals surface area contributed by atoms with Gasteiger partial charge in [-0.1, -0.05) is 23.8 Å². The van der Waals surface area contributed by atoms with Crippen molar-refractivity contribution < 1.29 is 4.79 Å². The number of hydrogen-bond donors (Lipinski definition) is 1. The molecule has 23 heavy (non-hydrogen) atoms. The minimum Gasteiger partial charge on any atom is -0.334 e. The predicted molar refractivity (Wildman–Crippen MR) is 91.0 cm³/mol. The Hall–Kier alpha value is -2.43. The lowest BCUT2D eigenvalue weighted by Crippen LogP contribution is -2.38. The second-order valence-electron chi connectivity index (χ2n) is 5.97. The second kappa shape index (κ2) is 7.22. The first-order valence-corrected chi connectivity index (χ1v) is 8.10. The van der Waals surface area contributed by atoms with Crippen LogP contribution in [-0.2, 0) is 6.54 Å². The summed E-state index contributed by atoms with van der Waals surface area (Å²) in [5, 5.41) is 2.98. The van der Waals surface area contributed by atoms with Crippen molar-refractivity contribution in [3.8, 4) is 0 Å². The molecule has 1 aromatic heterocycles. The Morgan fingerprint density at radius 3 is 2.87 bits per heavy atom. The number of fused-ring (bicyclic) bond motifs is 1. The number of hydrogen-bond acceptors (Lipinski definition) is 3. The average molecular weight is 310 g/mol. The van der Waals surface area contributed by atoms with Crippen LogP contribution in [0.4, 0.5) is 4.79 Å². The van der Waals surface area contributed by atoms with E-state index in [1.807, 2.05) is 24.3 Å². The van der Waals surface area contributed by atoms with E-state index in [2.05, 4.69) is 21.4 Å². The van der Waals surface area contributed by atoms with Crippen LogP contribution in [0, 0.1) is 0 Å². The van der Waals surface area contributed by atoms with Gasteiger partial charge in [0.2, 0.25) is 0 Å². The van der Waals surface area contributed by atoms with Crippen molar-refractivity contribution in [1.82, 2.24) is 20.2 Å². The Balaban J connectivity index is 1.57. The molecule has 0 atom stereocenters. The van der Waals surface area contributed by atoms with Gasteiger partial charge in [-0.3, -0.25) is 4.98 Å². The largest absolute Gasteiger partial charge is 0.334 e. The van der Waals surface area contributed by atoms with Crippen LogP contribution in [0.3, 0.4) is 0 Å². The number of para-hydroxylation sites is 2. The Morgan fingerprint density at radius 1 is 1.26 bits per heavy atom. The van der Waals surface area contributed by atoms with E-state index in [0.717, 1.165) is 29.6 Å². The first-order chi connectivity index (χ1) is 11.2. The van der Waals surface area contributed by atoms with Crippen LogP contribution in [0.2, 0.25) is 0 Å². The van der Waals surface area contributed by atoms with Crippen molar-refractivity contribution in [1.29, 1.82) is 0 Å². The molecule has 1 N–H and O–H groups in total. The second-order valence-corrected chi connectivity index (χ2v) is 5.97. The third-order valence-corrected chi connectivity index (χ3v) is 4.10. The van der Waals surface area contributed by atoms with Crippen LogP contribution >= 0.6 is 0 Å². The van der Waals surface area contributed by atoms with Crippen molar-refractivity contribution in [3.05, 3.63) is 47.8 Å². The number of amides is 2. The maximum absolute atomic E-state index is 12.2. The molecule has 0 radical (unpaired) electrons. The summed E-state index contributed by atoms with van der Waals surface area (Å²) in [5.41, 5.74) is 3.85. The molecule has 120 valence electrons. The first-order valence-electron chi connectivity index (χ1n) is 8.10. The summed E-state index contributed by atoms with van der Waals surface area (Å²) >= 11 is 0. The summed E-state index contributed by atoms with van der Waals surface area (Å²) in [6, 6.07) is 7.67. The summed E-state index contributed by atoms with van der Waals surface area (Å²) in [4.78, 5) is 22.8. The molecule has 3 rings (SSSR count). The highest BCUT2D eigenvalue weighted by Crippen LogP contribution is 2.16. The van der Waals surface area contributed by atoms with Gasteiger partial charge in [0.15, 0.2) is 0 Å². The highest BCUT2D eigenvalue weighted by Gasteiger charge is 2.11. The molecule has 0 fully saturated rings. The van der Waals surface area contributed by atoms with E-state index in [4.69, 9.17) is 0 Å². The Bertz CT molecular complexity index is 726. The van der Waals surface area contributed by atoms with E-state index in [0.29, 0.717) is 13.1 Å². The number of carbonyl (C=O) groups is 1. The number of benzene rings is 1. The molecule has 0 unspecified atom stereocenters. The molecule has 0 saturated carbocycles. The first kappa shape index (κ1) is 15.5. The maximum atomic E-state index is 12.2. The van der Waals surface area contributed by atoms with Gasteiger partial charge in [0, 0.05) is 13.6 Å². The van der Waals surface area contributed by atoms with Crippen LogP contribution in [-0.4, -0.2) is 34.5 Å². The molecule has 0 bridgehead atoms. The number of rotatable bonds is 4. The van der Waals surface area contributed by atoms with E-state index in [1.165, 1.54) is 18.4 Å².